The Morgan fingerprint density at radius 1 is 1.17 bits per heavy atom. The van der Waals surface area contributed by atoms with Gasteiger partial charge >= 0.3 is 11.9 Å². The van der Waals surface area contributed by atoms with Gasteiger partial charge in [-0.2, -0.15) is 5.10 Å². The van der Waals surface area contributed by atoms with Crippen LogP contribution in [0.5, 0.6) is 0 Å². The summed E-state index contributed by atoms with van der Waals surface area (Å²) < 4.78 is 5.27. The van der Waals surface area contributed by atoms with Crippen molar-refractivity contribution in [2.24, 2.45) is 16.3 Å². The third kappa shape index (κ3) is 8.63. The molecule has 0 aromatic heterocycles. The molecule has 1 amide bonds. The number of carboxylic acids is 1. The smallest absolute Gasteiger partial charge is 0.339 e. The molecule has 194 valence electrons. The molecule has 1 aliphatic heterocycles. The number of aryl methyl sites for hydroxylation is 1. The van der Waals surface area contributed by atoms with Crippen molar-refractivity contribution in [2.45, 2.75) is 77.3 Å². The number of amides is 1. The average Bonchev–Trinajstić information content (AvgIpc) is 3.28. The maximum absolute atomic E-state index is 13.6. The van der Waals surface area contributed by atoms with Crippen molar-refractivity contribution in [1.29, 1.82) is 0 Å². The van der Waals surface area contributed by atoms with Crippen LogP contribution in [0.15, 0.2) is 35.4 Å². The van der Waals surface area contributed by atoms with Gasteiger partial charge in [-0.15, -0.1) is 0 Å². The summed E-state index contributed by atoms with van der Waals surface area (Å²) in [7, 11) is 0. The molecule has 9 nitrogen and oxygen atoms in total. The minimum absolute atomic E-state index is 0.219. The molecular formula is C25H38N4O5S. The lowest BCUT2D eigenvalue weighted by molar-refractivity contribution is -0.149. The van der Waals surface area contributed by atoms with Gasteiger partial charge in [0.25, 0.3) is 5.91 Å². The highest BCUT2D eigenvalue weighted by molar-refractivity contribution is 8.15. The van der Waals surface area contributed by atoms with Gasteiger partial charge in [0.2, 0.25) is 5.37 Å². The van der Waals surface area contributed by atoms with E-state index in [2.05, 4.69) is 10.4 Å². The molecular weight excluding hydrogens is 468 g/mol. The first-order valence-electron chi connectivity index (χ1n) is 12.1. The monoisotopic (exact) mass is 506 g/mol. The first-order chi connectivity index (χ1) is 16.6. The standard InChI is InChI=1S/C25H38N4O5S/c1-5-34-23(33)19(15-14-17-11-7-6-8-12-17)27-18(13-9-10-16-26)20(30)29-21(22(31)32)35-24(28-29)25(2,3)4/h6-8,11-12,18-19,21,27H,5,9-10,13-16,26H2,1-4H3,(H,31,32)/t18-,19?,21?/m0/s1. The molecule has 1 aromatic rings. The Kier molecular flexibility index (Phi) is 11.2. The minimum atomic E-state index is -1.15. The first-order valence-corrected chi connectivity index (χ1v) is 12.9. The zero-order chi connectivity index (χ0) is 26.0. The Labute approximate surface area is 211 Å². The number of unbranched alkanes of at least 4 members (excludes halogenated alkanes) is 1. The Bertz CT molecular complexity index is 888. The SMILES string of the molecule is CCOC(=O)C(CCc1ccccc1)N[C@@H](CCCCN)C(=O)N1N=C(C(C)(C)C)SC1C(=O)O. The second-order valence-corrected chi connectivity index (χ2v) is 10.5. The van der Waals surface area contributed by atoms with E-state index in [1.807, 2.05) is 51.1 Å². The number of nitrogens with zero attached hydrogens (tertiary/aromatic N) is 2. The highest BCUT2D eigenvalue weighted by atomic mass is 32.2. The van der Waals surface area contributed by atoms with Crippen LogP contribution in [0, 0.1) is 5.41 Å². The van der Waals surface area contributed by atoms with Crippen LogP contribution >= 0.6 is 11.8 Å². The number of carbonyl (C=O) groups excluding carboxylic acids is 2. The molecule has 0 radical (unpaired) electrons. The third-order valence-electron chi connectivity index (χ3n) is 5.51. The lowest BCUT2D eigenvalue weighted by atomic mass is 9.99. The summed E-state index contributed by atoms with van der Waals surface area (Å²) in [5.74, 6) is -2.06. The van der Waals surface area contributed by atoms with Gasteiger partial charge in [0, 0.05) is 5.41 Å². The van der Waals surface area contributed by atoms with Crippen molar-refractivity contribution in [1.82, 2.24) is 10.3 Å². The van der Waals surface area contributed by atoms with Gasteiger partial charge < -0.3 is 15.6 Å². The number of carboxylic acid groups (broad SMARTS) is 1. The van der Waals surface area contributed by atoms with E-state index in [1.54, 1.807) is 6.92 Å². The molecule has 0 saturated heterocycles. The fourth-order valence-electron chi connectivity index (χ4n) is 3.62. The molecule has 35 heavy (non-hydrogen) atoms. The summed E-state index contributed by atoms with van der Waals surface area (Å²) in [6.07, 6.45) is 2.78. The summed E-state index contributed by atoms with van der Waals surface area (Å²) in [5.41, 5.74) is 6.31. The van der Waals surface area contributed by atoms with Gasteiger partial charge in [0.1, 0.15) is 11.1 Å². The summed E-state index contributed by atoms with van der Waals surface area (Å²) in [6, 6.07) is 8.22. The topological polar surface area (TPSA) is 134 Å². The highest BCUT2D eigenvalue weighted by Gasteiger charge is 2.43. The number of rotatable bonds is 13. The molecule has 0 saturated carbocycles. The maximum atomic E-state index is 13.6. The van der Waals surface area contributed by atoms with Crippen molar-refractivity contribution >= 4 is 34.7 Å². The maximum Gasteiger partial charge on any atom is 0.339 e. The van der Waals surface area contributed by atoms with Crippen LogP contribution in [0.2, 0.25) is 0 Å². The molecule has 1 aliphatic rings. The van der Waals surface area contributed by atoms with Gasteiger partial charge in [-0.25, -0.2) is 9.80 Å². The number of hydrogen-bond donors (Lipinski definition) is 3. The molecule has 0 aliphatic carbocycles. The van der Waals surface area contributed by atoms with Gasteiger partial charge in [-0.3, -0.25) is 14.9 Å². The Hall–Kier alpha value is -2.43. The van der Waals surface area contributed by atoms with E-state index in [9.17, 15) is 19.5 Å². The number of benzene rings is 1. The third-order valence-corrected chi connectivity index (χ3v) is 7.05. The number of carbonyl (C=O) groups is 3. The van der Waals surface area contributed by atoms with Crippen LogP contribution in [0.4, 0.5) is 0 Å². The van der Waals surface area contributed by atoms with Crippen molar-refractivity contribution in [2.75, 3.05) is 13.2 Å². The first kappa shape index (κ1) is 28.8. The normalized spacial score (nSPS) is 17.6. The van der Waals surface area contributed by atoms with Crippen molar-refractivity contribution < 1.29 is 24.2 Å². The summed E-state index contributed by atoms with van der Waals surface area (Å²) in [5, 5.41) is 17.8. The van der Waals surface area contributed by atoms with E-state index < -0.39 is 40.7 Å². The van der Waals surface area contributed by atoms with E-state index in [4.69, 9.17) is 10.5 Å². The number of nitrogens with two attached hydrogens (primary N) is 1. The molecule has 1 heterocycles. The van der Waals surface area contributed by atoms with Crippen LogP contribution in [0.3, 0.4) is 0 Å². The molecule has 3 atom stereocenters. The van der Waals surface area contributed by atoms with Gasteiger partial charge in [-0.1, -0.05) is 69.3 Å². The Morgan fingerprint density at radius 2 is 1.86 bits per heavy atom. The molecule has 2 unspecified atom stereocenters. The molecule has 2 rings (SSSR count). The molecule has 0 fully saturated rings. The van der Waals surface area contributed by atoms with E-state index in [0.29, 0.717) is 43.7 Å². The zero-order valence-electron chi connectivity index (χ0n) is 21.0. The predicted octanol–water partition coefficient (Wildman–Crippen LogP) is 2.98. The van der Waals surface area contributed by atoms with E-state index in [-0.39, 0.29) is 6.61 Å². The fourth-order valence-corrected chi connectivity index (χ4v) is 4.67. The van der Waals surface area contributed by atoms with Gasteiger partial charge in [-0.05, 0) is 44.7 Å². The molecule has 1 aromatic carbocycles. The van der Waals surface area contributed by atoms with Crippen molar-refractivity contribution in [3.05, 3.63) is 35.9 Å². The molecule has 10 heteroatoms. The molecule has 0 spiro atoms. The second-order valence-electron chi connectivity index (χ2n) is 9.48. The van der Waals surface area contributed by atoms with Gasteiger partial charge in [0.05, 0.1) is 12.6 Å². The summed E-state index contributed by atoms with van der Waals surface area (Å²) in [6.45, 7) is 8.18. The van der Waals surface area contributed by atoms with E-state index in [0.717, 1.165) is 22.3 Å². The molecule has 4 N–H and O–H groups in total. The summed E-state index contributed by atoms with van der Waals surface area (Å²) >= 11 is 1.06. The van der Waals surface area contributed by atoms with Crippen LogP contribution in [0.25, 0.3) is 0 Å². The van der Waals surface area contributed by atoms with Crippen LogP contribution in [-0.4, -0.2) is 63.6 Å². The Morgan fingerprint density at radius 3 is 2.43 bits per heavy atom. The second kappa shape index (κ2) is 13.6. The molecule has 0 bridgehead atoms. The van der Waals surface area contributed by atoms with Crippen molar-refractivity contribution in [3.63, 3.8) is 0 Å². The van der Waals surface area contributed by atoms with Gasteiger partial charge in [0.15, 0.2) is 0 Å². The highest BCUT2D eigenvalue weighted by Crippen LogP contribution is 2.36. The largest absolute Gasteiger partial charge is 0.479 e. The minimum Gasteiger partial charge on any atom is -0.479 e. The zero-order valence-corrected chi connectivity index (χ0v) is 21.8. The number of esters is 1. The Balaban J connectivity index is 2.28. The average molecular weight is 507 g/mol. The number of hydrogen-bond acceptors (Lipinski definition) is 8. The van der Waals surface area contributed by atoms with Crippen LogP contribution < -0.4 is 11.1 Å². The van der Waals surface area contributed by atoms with E-state index >= 15 is 0 Å². The number of aliphatic carboxylic acids is 1. The number of hydrazone groups is 1. The number of thioether (sulfide) groups is 1. The number of ether oxygens (including phenoxy) is 1. The predicted molar refractivity (Wildman–Crippen MR) is 138 cm³/mol. The number of nitrogens with one attached hydrogen (secondary N) is 1. The van der Waals surface area contributed by atoms with Crippen molar-refractivity contribution in [3.8, 4) is 0 Å². The lowest BCUT2D eigenvalue weighted by Gasteiger charge is -2.27. The lowest BCUT2D eigenvalue weighted by Crippen LogP contribution is -2.53. The quantitative estimate of drug-likeness (QED) is 0.275. The van der Waals surface area contributed by atoms with E-state index in [1.165, 1.54) is 0 Å². The van der Waals surface area contributed by atoms with Crippen LogP contribution in [-0.2, 0) is 25.5 Å². The van der Waals surface area contributed by atoms with Crippen LogP contribution in [0.1, 0.15) is 58.9 Å². The summed E-state index contributed by atoms with van der Waals surface area (Å²) in [4.78, 5) is 38.3. The fraction of sp³-hybridized carbons (Fsp3) is 0.600.